The van der Waals surface area contributed by atoms with Crippen LogP contribution in [0.25, 0.3) is 0 Å². The predicted molar refractivity (Wildman–Crippen MR) is 69.3 cm³/mol. The van der Waals surface area contributed by atoms with E-state index in [1.54, 1.807) is 0 Å². The Balaban J connectivity index is 1.84. The van der Waals surface area contributed by atoms with Gasteiger partial charge in [0.1, 0.15) is 0 Å². The van der Waals surface area contributed by atoms with Gasteiger partial charge in [-0.15, -0.1) is 0 Å². The maximum atomic E-state index is 11.9. The molecule has 1 aliphatic carbocycles. The molecule has 104 valence electrons. The van der Waals surface area contributed by atoms with Gasteiger partial charge in [-0.3, -0.25) is 4.79 Å². The van der Waals surface area contributed by atoms with Crippen molar-refractivity contribution in [3.8, 4) is 0 Å². The van der Waals surface area contributed by atoms with E-state index < -0.39 is 0 Å². The van der Waals surface area contributed by atoms with Gasteiger partial charge in [-0.1, -0.05) is 12.8 Å². The van der Waals surface area contributed by atoms with Crippen molar-refractivity contribution < 1.29 is 14.3 Å². The van der Waals surface area contributed by atoms with Gasteiger partial charge in [-0.25, -0.2) is 0 Å². The van der Waals surface area contributed by atoms with E-state index in [-0.39, 0.29) is 11.9 Å². The predicted octanol–water partition coefficient (Wildman–Crippen LogP) is 1.73. The molecule has 2 rings (SSSR count). The molecular weight excluding hydrogens is 230 g/mol. The number of hydrogen-bond donors (Lipinski definition) is 1. The van der Waals surface area contributed by atoms with E-state index in [2.05, 4.69) is 5.32 Å². The molecule has 4 heteroatoms. The minimum atomic E-state index is -0.0626. The van der Waals surface area contributed by atoms with E-state index in [9.17, 15) is 4.79 Å². The molecule has 1 saturated carbocycles. The Hall–Kier alpha value is -0.610. The number of ether oxygens (including phenoxy) is 2. The van der Waals surface area contributed by atoms with E-state index in [1.807, 2.05) is 0 Å². The number of methoxy groups -OCH3 is 1. The third-order valence-corrected chi connectivity index (χ3v) is 4.32. The van der Waals surface area contributed by atoms with Gasteiger partial charge in [0.2, 0.25) is 0 Å². The van der Waals surface area contributed by atoms with Gasteiger partial charge < -0.3 is 14.8 Å². The van der Waals surface area contributed by atoms with Gasteiger partial charge in [0.05, 0.1) is 13.0 Å². The van der Waals surface area contributed by atoms with Crippen LogP contribution in [0, 0.1) is 11.8 Å². The summed E-state index contributed by atoms with van der Waals surface area (Å²) in [5.74, 6) is 0.354. The van der Waals surface area contributed by atoms with Crippen molar-refractivity contribution in [1.29, 1.82) is 0 Å². The normalized spacial score (nSPS) is 24.1. The van der Waals surface area contributed by atoms with Gasteiger partial charge in [-0.2, -0.15) is 0 Å². The van der Waals surface area contributed by atoms with Crippen molar-refractivity contribution in [2.45, 2.75) is 44.6 Å². The summed E-state index contributed by atoms with van der Waals surface area (Å²) < 4.78 is 10.3. The smallest absolute Gasteiger partial charge is 0.310 e. The first-order chi connectivity index (χ1) is 8.81. The first-order valence-corrected chi connectivity index (χ1v) is 7.20. The second-order valence-electron chi connectivity index (χ2n) is 5.47. The minimum Gasteiger partial charge on any atom is -0.469 e. The van der Waals surface area contributed by atoms with Gasteiger partial charge in [0, 0.05) is 25.8 Å². The van der Waals surface area contributed by atoms with Crippen LogP contribution in [0.3, 0.4) is 0 Å². The van der Waals surface area contributed by atoms with Crippen molar-refractivity contribution in [2.75, 3.05) is 26.9 Å². The fourth-order valence-corrected chi connectivity index (χ4v) is 3.14. The molecule has 1 heterocycles. The summed E-state index contributed by atoms with van der Waals surface area (Å²) in [6.45, 7) is 2.32. The molecule has 1 saturated heterocycles. The Morgan fingerprint density at radius 3 is 2.56 bits per heavy atom. The lowest BCUT2D eigenvalue weighted by Gasteiger charge is -2.29. The summed E-state index contributed by atoms with van der Waals surface area (Å²) in [5, 5.41) is 3.55. The second kappa shape index (κ2) is 7.10. The molecule has 0 radical (unpaired) electrons. The first-order valence-electron chi connectivity index (χ1n) is 7.20. The van der Waals surface area contributed by atoms with E-state index in [0.29, 0.717) is 12.0 Å². The third-order valence-electron chi connectivity index (χ3n) is 4.32. The molecule has 1 atom stereocenters. The number of rotatable bonds is 5. The van der Waals surface area contributed by atoms with Gasteiger partial charge >= 0.3 is 5.97 Å². The Morgan fingerprint density at radius 2 is 1.94 bits per heavy atom. The van der Waals surface area contributed by atoms with E-state index in [0.717, 1.165) is 32.6 Å². The second-order valence-corrected chi connectivity index (χ2v) is 5.47. The zero-order valence-electron chi connectivity index (χ0n) is 11.3. The summed E-state index contributed by atoms with van der Waals surface area (Å²) >= 11 is 0. The van der Waals surface area contributed by atoms with Gasteiger partial charge in [0.15, 0.2) is 0 Å². The molecule has 0 aromatic heterocycles. The molecule has 2 aliphatic rings. The molecule has 18 heavy (non-hydrogen) atoms. The van der Waals surface area contributed by atoms with Crippen LogP contribution in [-0.4, -0.2) is 38.9 Å². The summed E-state index contributed by atoms with van der Waals surface area (Å²) in [4.78, 5) is 11.9. The van der Waals surface area contributed by atoms with Crippen molar-refractivity contribution in [3.63, 3.8) is 0 Å². The van der Waals surface area contributed by atoms with Crippen molar-refractivity contribution in [1.82, 2.24) is 5.32 Å². The third kappa shape index (κ3) is 3.69. The molecule has 0 amide bonds. The van der Waals surface area contributed by atoms with Crippen molar-refractivity contribution in [3.05, 3.63) is 0 Å². The molecule has 1 N–H and O–H groups in total. The van der Waals surface area contributed by atoms with Crippen LogP contribution >= 0.6 is 0 Å². The lowest BCUT2D eigenvalue weighted by Crippen LogP contribution is -2.40. The average molecular weight is 255 g/mol. The zero-order valence-corrected chi connectivity index (χ0v) is 11.3. The minimum absolute atomic E-state index is 0.000463. The Bertz CT molecular complexity index is 258. The fraction of sp³-hybridized carbons (Fsp3) is 0.929. The highest BCUT2D eigenvalue weighted by Crippen LogP contribution is 2.25. The van der Waals surface area contributed by atoms with Crippen molar-refractivity contribution >= 4 is 5.97 Å². The monoisotopic (exact) mass is 255 g/mol. The van der Waals surface area contributed by atoms with Gasteiger partial charge in [0.25, 0.3) is 0 Å². The first kappa shape index (κ1) is 13.8. The highest BCUT2D eigenvalue weighted by molar-refractivity contribution is 5.72. The number of hydrogen-bond acceptors (Lipinski definition) is 4. The van der Waals surface area contributed by atoms with Crippen LogP contribution in [0.1, 0.15) is 38.5 Å². The zero-order chi connectivity index (χ0) is 12.8. The average Bonchev–Trinajstić information content (AvgIpc) is 2.93. The lowest BCUT2D eigenvalue weighted by atomic mass is 9.85. The highest BCUT2D eigenvalue weighted by Gasteiger charge is 2.31. The van der Waals surface area contributed by atoms with E-state index in [4.69, 9.17) is 9.47 Å². The number of nitrogens with one attached hydrogen (secondary N) is 1. The Kier molecular flexibility index (Phi) is 5.45. The molecule has 0 bridgehead atoms. The summed E-state index contributed by atoms with van der Waals surface area (Å²) in [7, 11) is 1.49. The van der Waals surface area contributed by atoms with Crippen LogP contribution in [0.5, 0.6) is 0 Å². The molecule has 4 nitrogen and oxygen atoms in total. The van der Waals surface area contributed by atoms with Crippen LogP contribution in [0.4, 0.5) is 0 Å². The SMILES string of the molecule is COC(=O)C(CNC1CCCC1)C1CCOCC1. The molecule has 0 spiro atoms. The lowest BCUT2D eigenvalue weighted by molar-refractivity contribution is -0.148. The number of esters is 1. The molecule has 1 unspecified atom stereocenters. The maximum absolute atomic E-state index is 11.9. The van der Waals surface area contributed by atoms with Crippen molar-refractivity contribution in [2.24, 2.45) is 11.8 Å². The Morgan fingerprint density at radius 1 is 1.28 bits per heavy atom. The van der Waals surface area contributed by atoms with Crippen LogP contribution in [0.2, 0.25) is 0 Å². The highest BCUT2D eigenvalue weighted by atomic mass is 16.5. The fourth-order valence-electron chi connectivity index (χ4n) is 3.14. The standard InChI is InChI=1S/C14H25NO3/c1-17-14(16)13(11-6-8-18-9-7-11)10-15-12-4-2-3-5-12/h11-13,15H,2-10H2,1H3. The number of carbonyl (C=O) groups is 1. The van der Waals surface area contributed by atoms with E-state index in [1.165, 1.54) is 32.8 Å². The molecule has 1 aliphatic heterocycles. The number of carbonyl (C=O) groups excluding carboxylic acids is 1. The quantitative estimate of drug-likeness (QED) is 0.760. The summed E-state index contributed by atoms with van der Waals surface area (Å²) in [5.41, 5.74) is 0. The molecule has 2 fully saturated rings. The van der Waals surface area contributed by atoms with Crippen LogP contribution in [0.15, 0.2) is 0 Å². The largest absolute Gasteiger partial charge is 0.469 e. The Labute approximate surface area is 109 Å². The maximum Gasteiger partial charge on any atom is 0.310 e. The molecule has 0 aromatic rings. The van der Waals surface area contributed by atoms with Gasteiger partial charge in [-0.05, 0) is 31.6 Å². The van der Waals surface area contributed by atoms with E-state index >= 15 is 0 Å². The van der Waals surface area contributed by atoms with Crippen LogP contribution < -0.4 is 5.32 Å². The summed E-state index contributed by atoms with van der Waals surface area (Å²) in [6, 6.07) is 0.608. The molecular formula is C14H25NO3. The molecule has 0 aromatic carbocycles. The van der Waals surface area contributed by atoms with Crippen LogP contribution in [-0.2, 0) is 14.3 Å². The summed E-state index contributed by atoms with van der Waals surface area (Å²) in [6.07, 6.45) is 7.09. The topological polar surface area (TPSA) is 47.6 Å².